The van der Waals surface area contributed by atoms with Crippen molar-refractivity contribution in [3.63, 3.8) is 0 Å². The lowest BCUT2D eigenvalue weighted by molar-refractivity contribution is -0.384. The highest BCUT2D eigenvalue weighted by molar-refractivity contribution is 9.10. The Labute approximate surface area is 180 Å². The topological polar surface area (TPSA) is 86.0 Å². The van der Waals surface area contributed by atoms with Crippen LogP contribution in [0.2, 0.25) is 0 Å². The number of ether oxygens (including phenoxy) is 2. The normalized spacial score (nSPS) is 10.8. The van der Waals surface area contributed by atoms with Crippen LogP contribution in [0.1, 0.15) is 11.1 Å². The first-order valence-corrected chi connectivity index (χ1v) is 9.54. The molecule has 0 heterocycles. The minimum absolute atomic E-state index is 0.00763. The number of hydrazone groups is 1. The predicted octanol–water partition coefficient (Wildman–Crippen LogP) is 5.53. The maximum Gasteiger partial charge on any atom is 0.269 e. The van der Waals surface area contributed by atoms with Gasteiger partial charge in [0.25, 0.3) is 5.69 Å². The maximum atomic E-state index is 13.0. The molecule has 0 spiro atoms. The van der Waals surface area contributed by atoms with E-state index in [1.54, 1.807) is 42.6 Å². The van der Waals surface area contributed by atoms with Crippen LogP contribution < -0.4 is 14.9 Å². The van der Waals surface area contributed by atoms with Gasteiger partial charge < -0.3 is 9.47 Å². The molecular formula is C21H17BrFN3O4. The number of anilines is 1. The van der Waals surface area contributed by atoms with E-state index in [2.05, 4.69) is 26.5 Å². The SMILES string of the molecule is COc1cc(/C=N/Nc2ccc([N+](=O)[O-])cc2)c(Br)cc1OCc1ccc(F)cc1. The van der Waals surface area contributed by atoms with Gasteiger partial charge in [-0.2, -0.15) is 5.10 Å². The van der Waals surface area contributed by atoms with Gasteiger partial charge in [-0.15, -0.1) is 0 Å². The van der Waals surface area contributed by atoms with Crippen molar-refractivity contribution in [3.05, 3.63) is 92.2 Å². The smallest absolute Gasteiger partial charge is 0.269 e. The summed E-state index contributed by atoms with van der Waals surface area (Å²) in [6.45, 7) is 0.262. The number of hydrogen-bond donors (Lipinski definition) is 1. The molecule has 0 unspecified atom stereocenters. The second-order valence-corrected chi connectivity index (χ2v) is 6.97. The predicted molar refractivity (Wildman–Crippen MR) is 116 cm³/mol. The van der Waals surface area contributed by atoms with E-state index >= 15 is 0 Å². The molecule has 3 aromatic carbocycles. The second-order valence-electron chi connectivity index (χ2n) is 6.11. The van der Waals surface area contributed by atoms with Crippen molar-refractivity contribution in [2.75, 3.05) is 12.5 Å². The van der Waals surface area contributed by atoms with E-state index in [9.17, 15) is 14.5 Å². The molecule has 0 radical (unpaired) electrons. The highest BCUT2D eigenvalue weighted by Crippen LogP contribution is 2.33. The Balaban J connectivity index is 1.68. The van der Waals surface area contributed by atoms with Crippen LogP contribution in [0, 0.1) is 15.9 Å². The molecule has 9 heteroatoms. The summed E-state index contributed by atoms with van der Waals surface area (Å²) in [5.41, 5.74) is 4.99. The molecule has 0 atom stereocenters. The van der Waals surface area contributed by atoms with Crippen LogP contribution in [0.5, 0.6) is 11.5 Å². The number of hydrogen-bond acceptors (Lipinski definition) is 6. The van der Waals surface area contributed by atoms with Gasteiger partial charge in [0, 0.05) is 22.2 Å². The molecule has 30 heavy (non-hydrogen) atoms. The fraction of sp³-hybridized carbons (Fsp3) is 0.0952. The first-order valence-electron chi connectivity index (χ1n) is 8.74. The largest absolute Gasteiger partial charge is 0.493 e. The molecule has 154 valence electrons. The Morgan fingerprint density at radius 2 is 1.83 bits per heavy atom. The minimum Gasteiger partial charge on any atom is -0.493 e. The van der Waals surface area contributed by atoms with E-state index in [0.29, 0.717) is 17.2 Å². The lowest BCUT2D eigenvalue weighted by Crippen LogP contribution is -1.99. The van der Waals surface area contributed by atoms with Crippen molar-refractivity contribution >= 4 is 33.5 Å². The van der Waals surface area contributed by atoms with Crippen molar-refractivity contribution in [1.29, 1.82) is 0 Å². The Morgan fingerprint density at radius 1 is 1.13 bits per heavy atom. The number of nitro benzene ring substituents is 1. The third-order valence-electron chi connectivity index (χ3n) is 4.07. The van der Waals surface area contributed by atoms with Gasteiger partial charge in [-0.3, -0.25) is 15.5 Å². The molecule has 0 saturated carbocycles. The summed E-state index contributed by atoms with van der Waals surface area (Å²) in [6, 6.07) is 15.5. The molecule has 0 aliphatic carbocycles. The van der Waals surface area contributed by atoms with Crippen LogP contribution in [0.3, 0.4) is 0 Å². The summed E-state index contributed by atoms with van der Waals surface area (Å²) < 4.78 is 24.9. The molecule has 0 aliphatic rings. The van der Waals surface area contributed by atoms with Crippen molar-refractivity contribution in [3.8, 4) is 11.5 Å². The summed E-state index contributed by atoms with van der Waals surface area (Å²) in [5, 5.41) is 14.8. The molecular weight excluding hydrogens is 457 g/mol. The molecule has 0 fully saturated rings. The zero-order valence-electron chi connectivity index (χ0n) is 15.8. The first kappa shape index (κ1) is 21.3. The molecule has 7 nitrogen and oxygen atoms in total. The fourth-order valence-electron chi connectivity index (χ4n) is 2.50. The van der Waals surface area contributed by atoms with Gasteiger partial charge in [-0.05, 0) is 57.9 Å². The third kappa shape index (κ3) is 5.54. The number of rotatable bonds is 8. The Hall–Kier alpha value is -3.46. The highest BCUT2D eigenvalue weighted by atomic mass is 79.9. The molecule has 0 saturated heterocycles. The minimum atomic E-state index is -0.462. The number of methoxy groups -OCH3 is 1. The van der Waals surface area contributed by atoms with E-state index in [1.165, 1.54) is 31.4 Å². The van der Waals surface area contributed by atoms with Gasteiger partial charge in [0.2, 0.25) is 0 Å². The quantitative estimate of drug-likeness (QED) is 0.264. The number of nitro groups is 1. The van der Waals surface area contributed by atoms with E-state index in [-0.39, 0.29) is 18.1 Å². The van der Waals surface area contributed by atoms with Crippen LogP contribution >= 0.6 is 15.9 Å². The van der Waals surface area contributed by atoms with Crippen LogP contribution in [0.15, 0.2) is 70.2 Å². The number of nitrogens with one attached hydrogen (secondary N) is 1. The number of nitrogens with zero attached hydrogens (tertiary/aromatic N) is 2. The molecule has 0 amide bonds. The summed E-state index contributed by atoms with van der Waals surface area (Å²) in [5.74, 6) is 0.733. The summed E-state index contributed by atoms with van der Waals surface area (Å²) in [4.78, 5) is 10.2. The van der Waals surface area contributed by atoms with Gasteiger partial charge in [0.05, 0.1) is 23.9 Å². The van der Waals surface area contributed by atoms with E-state index in [1.807, 2.05) is 0 Å². The zero-order chi connectivity index (χ0) is 21.5. The maximum absolute atomic E-state index is 13.0. The van der Waals surface area contributed by atoms with Crippen LogP contribution in [-0.2, 0) is 6.61 Å². The lowest BCUT2D eigenvalue weighted by atomic mass is 10.2. The molecule has 0 bridgehead atoms. The van der Waals surface area contributed by atoms with E-state index in [4.69, 9.17) is 9.47 Å². The summed E-state index contributed by atoms with van der Waals surface area (Å²) in [6.07, 6.45) is 1.58. The fourth-order valence-corrected chi connectivity index (χ4v) is 2.92. The Kier molecular flexibility index (Phi) is 6.97. The van der Waals surface area contributed by atoms with Crippen molar-refractivity contribution < 1.29 is 18.8 Å². The average molecular weight is 474 g/mol. The van der Waals surface area contributed by atoms with Gasteiger partial charge in [0.1, 0.15) is 12.4 Å². The molecule has 1 N–H and O–H groups in total. The van der Waals surface area contributed by atoms with Gasteiger partial charge in [0.15, 0.2) is 11.5 Å². The second kappa shape index (κ2) is 9.84. The molecule has 0 aliphatic heterocycles. The first-order chi connectivity index (χ1) is 14.5. The standard InChI is InChI=1S/C21H17BrFN3O4/c1-29-20-10-15(12-24-25-17-6-8-18(9-7-17)26(27)28)19(22)11-21(20)30-13-14-2-4-16(23)5-3-14/h2-12,25H,13H2,1H3/b24-12+. The summed E-state index contributed by atoms with van der Waals surface area (Å²) in [7, 11) is 1.53. The van der Waals surface area contributed by atoms with Crippen LogP contribution in [0.4, 0.5) is 15.8 Å². The van der Waals surface area contributed by atoms with Crippen LogP contribution in [-0.4, -0.2) is 18.2 Å². The molecule has 0 aromatic heterocycles. The van der Waals surface area contributed by atoms with Crippen molar-refractivity contribution in [1.82, 2.24) is 0 Å². The Morgan fingerprint density at radius 3 is 2.47 bits per heavy atom. The van der Waals surface area contributed by atoms with Crippen molar-refractivity contribution in [2.45, 2.75) is 6.61 Å². The Bertz CT molecular complexity index is 1060. The van der Waals surface area contributed by atoms with Crippen molar-refractivity contribution in [2.24, 2.45) is 5.10 Å². The van der Waals surface area contributed by atoms with Gasteiger partial charge >= 0.3 is 0 Å². The average Bonchev–Trinajstić information content (AvgIpc) is 2.75. The summed E-state index contributed by atoms with van der Waals surface area (Å²) >= 11 is 3.48. The van der Waals surface area contributed by atoms with E-state index < -0.39 is 4.92 Å². The van der Waals surface area contributed by atoms with Gasteiger partial charge in [-0.1, -0.05) is 12.1 Å². The third-order valence-corrected chi connectivity index (χ3v) is 4.75. The monoisotopic (exact) mass is 473 g/mol. The van der Waals surface area contributed by atoms with Crippen LogP contribution in [0.25, 0.3) is 0 Å². The number of non-ortho nitro benzene ring substituents is 1. The number of benzene rings is 3. The zero-order valence-corrected chi connectivity index (χ0v) is 17.4. The molecule has 3 aromatic rings. The lowest BCUT2D eigenvalue weighted by Gasteiger charge is -2.13. The highest BCUT2D eigenvalue weighted by Gasteiger charge is 2.10. The molecule has 3 rings (SSSR count). The number of halogens is 2. The van der Waals surface area contributed by atoms with Gasteiger partial charge in [-0.25, -0.2) is 4.39 Å². The van der Waals surface area contributed by atoms with E-state index in [0.717, 1.165) is 15.6 Å².